The Balaban J connectivity index is 2.72. The summed E-state index contributed by atoms with van der Waals surface area (Å²) in [5, 5.41) is 11.9. The summed E-state index contributed by atoms with van der Waals surface area (Å²) >= 11 is 5.73. The number of amides is 1. The standard InChI is InChI=1S/C13H16ClNO5/c1-8(12(16)15-5-6-19-2)20-11-4-3-9(14)7-10(11)13(17)18/h3-4,7-8H,5-6H2,1-2H3,(H,15,16)(H,17,18). The molecule has 0 aliphatic heterocycles. The Hall–Kier alpha value is -1.79. The number of carboxylic acid groups (broad SMARTS) is 1. The summed E-state index contributed by atoms with van der Waals surface area (Å²) in [5.41, 5.74) is -0.0889. The van der Waals surface area contributed by atoms with E-state index in [0.717, 1.165) is 0 Å². The lowest BCUT2D eigenvalue weighted by Crippen LogP contribution is -2.38. The molecule has 6 nitrogen and oxygen atoms in total. The molecule has 110 valence electrons. The molecule has 2 N–H and O–H groups in total. The fraction of sp³-hybridized carbons (Fsp3) is 0.385. The Labute approximate surface area is 121 Å². The zero-order valence-corrected chi connectivity index (χ0v) is 11.9. The third-order valence-corrected chi connectivity index (χ3v) is 2.69. The molecule has 1 atom stereocenters. The summed E-state index contributed by atoms with van der Waals surface area (Å²) in [7, 11) is 1.53. The maximum Gasteiger partial charge on any atom is 0.339 e. The van der Waals surface area contributed by atoms with Crippen LogP contribution in [-0.4, -0.2) is 43.3 Å². The molecular formula is C13H16ClNO5. The van der Waals surface area contributed by atoms with Crippen LogP contribution < -0.4 is 10.1 Å². The molecule has 0 aliphatic rings. The van der Waals surface area contributed by atoms with E-state index in [1.54, 1.807) is 0 Å². The highest BCUT2D eigenvalue weighted by Crippen LogP contribution is 2.23. The predicted octanol–water partition coefficient (Wildman–Crippen LogP) is 1.57. The SMILES string of the molecule is COCCNC(=O)C(C)Oc1ccc(Cl)cc1C(=O)O. The van der Waals surface area contributed by atoms with Crippen molar-refractivity contribution < 1.29 is 24.2 Å². The second-order valence-corrected chi connectivity index (χ2v) is 4.43. The lowest BCUT2D eigenvalue weighted by atomic mass is 10.2. The molecule has 0 radical (unpaired) electrons. The maximum atomic E-state index is 11.7. The summed E-state index contributed by atoms with van der Waals surface area (Å²) in [4.78, 5) is 22.8. The number of carbonyl (C=O) groups excluding carboxylic acids is 1. The fourth-order valence-corrected chi connectivity index (χ4v) is 1.61. The zero-order chi connectivity index (χ0) is 15.1. The number of aromatic carboxylic acids is 1. The first-order valence-electron chi connectivity index (χ1n) is 5.92. The van der Waals surface area contributed by atoms with Crippen LogP contribution >= 0.6 is 11.6 Å². The van der Waals surface area contributed by atoms with Crippen molar-refractivity contribution >= 4 is 23.5 Å². The molecule has 0 saturated carbocycles. The van der Waals surface area contributed by atoms with Crippen molar-refractivity contribution in [1.82, 2.24) is 5.32 Å². The Kier molecular flexibility index (Phi) is 6.27. The van der Waals surface area contributed by atoms with Gasteiger partial charge in [0.2, 0.25) is 0 Å². The highest BCUT2D eigenvalue weighted by molar-refractivity contribution is 6.31. The lowest BCUT2D eigenvalue weighted by Gasteiger charge is -2.16. The van der Waals surface area contributed by atoms with Crippen LogP contribution in [0.2, 0.25) is 5.02 Å². The average molecular weight is 302 g/mol. The van der Waals surface area contributed by atoms with Gasteiger partial charge in [-0.05, 0) is 25.1 Å². The van der Waals surface area contributed by atoms with Gasteiger partial charge in [0.05, 0.1) is 6.61 Å². The van der Waals surface area contributed by atoms with Gasteiger partial charge in [0.15, 0.2) is 6.10 Å². The van der Waals surface area contributed by atoms with Crippen molar-refractivity contribution in [3.05, 3.63) is 28.8 Å². The van der Waals surface area contributed by atoms with E-state index >= 15 is 0 Å². The van der Waals surface area contributed by atoms with Gasteiger partial charge in [-0.25, -0.2) is 4.79 Å². The summed E-state index contributed by atoms with van der Waals surface area (Å²) in [6.45, 7) is 2.28. The fourth-order valence-electron chi connectivity index (χ4n) is 1.44. The van der Waals surface area contributed by atoms with E-state index in [2.05, 4.69) is 5.32 Å². The Bertz CT molecular complexity index is 492. The van der Waals surface area contributed by atoms with Crippen LogP contribution in [0.3, 0.4) is 0 Å². The van der Waals surface area contributed by atoms with Crippen molar-refractivity contribution in [2.45, 2.75) is 13.0 Å². The quantitative estimate of drug-likeness (QED) is 0.747. The molecular weight excluding hydrogens is 286 g/mol. The van der Waals surface area contributed by atoms with Crippen molar-refractivity contribution in [1.29, 1.82) is 0 Å². The van der Waals surface area contributed by atoms with Crippen molar-refractivity contribution in [3.8, 4) is 5.75 Å². The summed E-state index contributed by atoms with van der Waals surface area (Å²) < 4.78 is 10.2. The largest absolute Gasteiger partial charge is 0.480 e. The monoisotopic (exact) mass is 301 g/mol. The molecule has 0 spiro atoms. The van der Waals surface area contributed by atoms with Gasteiger partial charge in [-0.15, -0.1) is 0 Å². The van der Waals surface area contributed by atoms with Gasteiger partial charge in [0, 0.05) is 18.7 Å². The van der Waals surface area contributed by atoms with Crippen LogP contribution in [0.5, 0.6) is 5.75 Å². The predicted molar refractivity (Wildman–Crippen MR) is 73.4 cm³/mol. The van der Waals surface area contributed by atoms with Crippen LogP contribution in [0.15, 0.2) is 18.2 Å². The second-order valence-electron chi connectivity index (χ2n) is 3.99. The summed E-state index contributed by atoms with van der Waals surface area (Å²) in [6.07, 6.45) is -0.828. The normalized spacial score (nSPS) is 11.8. The minimum Gasteiger partial charge on any atom is -0.480 e. The van der Waals surface area contributed by atoms with E-state index in [1.165, 1.54) is 32.2 Å². The second kappa shape index (κ2) is 7.72. The summed E-state index contributed by atoms with van der Waals surface area (Å²) in [6, 6.07) is 4.19. The summed E-state index contributed by atoms with van der Waals surface area (Å²) in [5.74, 6) is -1.43. The minimum absolute atomic E-state index is 0.0889. The van der Waals surface area contributed by atoms with Crippen LogP contribution in [0.1, 0.15) is 17.3 Å². The molecule has 0 saturated heterocycles. The third-order valence-electron chi connectivity index (χ3n) is 2.45. The lowest BCUT2D eigenvalue weighted by molar-refractivity contribution is -0.127. The minimum atomic E-state index is -1.17. The molecule has 7 heteroatoms. The first-order chi connectivity index (χ1) is 9.45. The van der Waals surface area contributed by atoms with Gasteiger partial charge < -0.3 is 19.9 Å². The molecule has 0 heterocycles. The molecule has 0 bridgehead atoms. The van der Waals surface area contributed by atoms with Gasteiger partial charge >= 0.3 is 5.97 Å². The van der Waals surface area contributed by atoms with Crippen LogP contribution in [0.4, 0.5) is 0 Å². The number of halogens is 1. The molecule has 1 aromatic rings. The number of hydrogen-bond acceptors (Lipinski definition) is 4. The number of rotatable bonds is 7. The van der Waals surface area contributed by atoms with Gasteiger partial charge in [-0.2, -0.15) is 0 Å². The zero-order valence-electron chi connectivity index (χ0n) is 11.2. The van der Waals surface area contributed by atoms with Gasteiger partial charge in [-0.3, -0.25) is 4.79 Å². The molecule has 1 rings (SSSR count). The number of carboxylic acids is 1. The Morgan fingerprint density at radius 3 is 2.75 bits per heavy atom. The smallest absolute Gasteiger partial charge is 0.339 e. The van der Waals surface area contributed by atoms with Crippen molar-refractivity contribution in [3.63, 3.8) is 0 Å². The third kappa shape index (κ3) is 4.71. The number of nitrogens with one attached hydrogen (secondary N) is 1. The van der Waals surface area contributed by atoms with E-state index in [9.17, 15) is 9.59 Å². The highest BCUT2D eigenvalue weighted by Gasteiger charge is 2.18. The average Bonchev–Trinajstić information content (AvgIpc) is 2.40. The van der Waals surface area contributed by atoms with Gasteiger partial charge in [-0.1, -0.05) is 11.6 Å². The Morgan fingerprint density at radius 1 is 1.45 bits per heavy atom. The van der Waals surface area contributed by atoms with Gasteiger partial charge in [0.25, 0.3) is 5.91 Å². The van der Waals surface area contributed by atoms with Gasteiger partial charge in [0.1, 0.15) is 11.3 Å². The first kappa shape index (κ1) is 16.3. The van der Waals surface area contributed by atoms with E-state index in [-0.39, 0.29) is 22.2 Å². The van der Waals surface area contributed by atoms with Crippen molar-refractivity contribution in [2.75, 3.05) is 20.3 Å². The molecule has 0 fully saturated rings. The van der Waals surface area contributed by atoms with E-state index in [4.69, 9.17) is 26.2 Å². The van der Waals surface area contributed by atoms with Crippen LogP contribution in [-0.2, 0) is 9.53 Å². The van der Waals surface area contributed by atoms with Crippen LogP contribution in [0.25, 0.3) is 0 Å². The topological polar surface area (TPSA) is 84.9 Å². The number of benzene rings is 1. The molecule has 20 heavy (non-hydrogen) atoms. The first-order valence-corrected chi connectivity index (χ1v) is 6.29. The molecule has 0 aliphatic carbocycles. The maximum absolute atomic E-state index is 11.7. The van der Waals surface area contributed by atoms with E-state index in [1.807, 2.05) is 0 Å². The highest BCUT2D eigenvalue weighted by atomic mass is 35.5. The number of carbonyl (C=O) groups is 2. The molecule has 0 aromatic heterocycles. The number of ether oxygens (including phenoxy) is 2. The van der Waals surface area contributed by atoms with Crippen molar-refractivity contribution in [2.24, 2.45) is 0 Å². The molecule has 1 amide bonds. The van der Waals surface area contributed by atoms with E-state index in [0.29, 0.717) is 13.2 Å². The Morgan fingerprint density at radius 2 is 2.15 bits per heavy atom. The number of hydrogen-bond donors (Lipinski definition) is 2. The number of methoxy groups -OCH3 is 1. The molecule has 1 unspecified atom stereocenters. The molecule has 1 aromatic carbocycles. The van der Waals surface area contributed by atoms with Crippen LogP contribution in [0, 0.1) is 0 Å². The van der Waals surface area contributed by atoms with E-state index < -0.39 is 12.1 Å².